The Balaban J connectivity index is 1.72. The zero-order valence-electron chi connectivity index (χ0n) is 12.4. The molecule has 5 heteroatoms. The lowest BCUT2D eigenvalue weighted by molar-refractivity contribution is 0.0443. The monoisotopic (exact) mass is 288 g/mol. The van der Waals surface area contributed by atoms with Crippen molar-refractivity contribution in [3.63, 3.8) is 0 Å². The summed E-state index contributed by atoms with van der Waals surface area (Å²) in [5.74, 6) is 0.336. The third kappa shape index (κ3) is 4.63. The molecule has 5 nitrogen and oxygen atoms in total. The molecule has 0 aliphatic rings. The molecule has 0 spiro atoms. The molecule has 0 fully saturated rings. The lowest BCUT2D eigenvalue weighted by atomic mass is 10.2. The van der Waals surface area contributed by atoms with Crippen LogP contribution in [-0.2, 0) is 11.2 Å². The van der Waals surface area contributed by atoms with Crippen LogP contribution >= 0.6 is 0 Å². The third-order valence-electron chi connectivity index (χ3n) is 2.97. The highest BCUT2D eigenvalue weighted by atomic mass is 16.6. The lowest BCUT2D eigenvalue weighted by Crippen LogP contribution is -2.12. The minimum absolute atomic E-state index is 0.197. The van der Waals surface area contributed by atoms with Crippen molar-refractivity contribution in [1.29, 1.82) is 0 Å². The van der Waals surface area contributed by atoms with Gasteiger partial charge in [-0.2, -0.15) is 5.10 Å². The molecule has 1 heterocycles. The second-order valence-corrected chi connectivity index (χ2v) is 4.83. The van der Waals surface area contributed by atoms with Gasteiger partial charge >= 0.3 is 5.97 Å². The number of nitrogens with one attached hydrogen (secondary N) is 1. The van der Waals surface area contributed by atoms with Crippen LogP contribution in [0.25, 0.3) is 0 Å². The first-order valence-corrected chi connectivity index (χ1v) is 7.10. The Labute approximate surface area is 124 Å². The van der Waals surface area contributed by atoms with Crippen molar-refractivity contribution in [3.8, 4) is 5.75 Å². The summed E-state index contributed by atoms with van der Waals surface area (Å²) in [5.41, 5.74) is 2.43. The number of carbonyl (C=O) groups is 1. The predicted molar refractivity (Wildman–Crippen MR) is 79.5 cm³/mol. The molecule has 112 valence electrons. The molecule has 0 aliphatic carbocycles. The standard InChI is InChI=1S/C16H20N2O3/c1-3-4-13-11-15(18-17-13)16(19)21-10-9-20-14-7-5-12(2)6-8-14/h5-8,11H,3-4,9-10H2,1-2H3,(H,17,18). The number of benzene rings is 1. The zero-order valence-corrected chi connectivity index (χ0v) is 12.4. The number of aromatic nitrogens is 2. The molecule has 0 amide bonds. The van der Waals surface area contributed by atoms with Gasteiger partial charge in [0.25, 0.3) is 0 Å². The Kier molecular flexibility index (Phi) is 5.37. The van der Waals surface area contributed by atoms with Crippen LogP contribution in [0.3, 0.4) is 0 Å². The Morgan fingerprint density at radius 1 is 1.24 bits per heavy atom. The Morgan fingerprint density at radius 3 is 2.71 bits per heavy atom. The average molecular weight is 288 g/mol. The van der Waals surface area contributed by atoms with Gasteiger partial charge in [-0.25, -0.2) is 4.79 Å². The van der Waals surface area contributed by atoms with E-state index in [2.05, 4.69) is 17.1 Å². The van der Waals surface area contributed by atoms with E-state index in [0.717, 1.165) is 24.3 Å². The first-order valence-electron chi connectivity index (χ1n) is 7.10. The van der Waals surface area contributed by atoms with Crippen molar-refractivity contribution in [2.24, 2.45) is 0 Å². The van der Waals surface area contributed by atoms with Crippen molar-refractivity contribution >= 4 is 5.97 Å². The van der Waals surface area contributed by atoms with E-state index in [4.69, 9.17) is 9.47 Å². The summed E-state index contributed by atoms with van der Waals surface area (Å²) in [6.07, 6.45) is 1.87. The molecule has 1 aromatic heterocycles. The molecule has 0 saturated carbocycles. The molecule has 0 aliphatic heterocycles. The van der Waals surface area contributed by atoms with Gasteiger partial charge in [0.05, 0.1) is 0 Å². The van der Waals surface area contributed by atoms with Crippen molar-refractivity contribution in [2.75, 3.05) is 13.2 Å². The van der Waals surface area contributed by atoms with E-state index in [-0.39, 0.29) is 6.61 Å². The molecular formula is C16H20N2O3. The van der Waals surface area contributed by atoms with E-state index < -0.39 is 5.97 Å². The number of nitrogens with zero attached hydrogens (tertiary/aromatic N) is 1. The fraction of sp³-hybridized carbons (Fsp3) is 0.375. The van der Waals surface area contributed by atoms with Crippen LogP contribution in [0.5, 0.6) is 5.75 Å². The summed E-state index contributed by atoms with van der Waals surface area (Å²) >= 11 is 0. The molecule has 0 radical (unpaired) electrons. The van der Waals surface area contributed by atoms with E-state index in [1.807, 2.05) is 31.2 Å². The molecular weight excluding hydrogens is 268 g/mol. The van der Waals surface area contributed by atoms with Crippen molar-refractivity contribution < 1.29 is 14.3 Å². The number of hydrogen-bond donors (Lipinski definition) is 1. The van der Waals surface area contributed by atoms with Gasteiger partial charge in [0, 0.05) is 5.69 Å². The lowest BCUT2D eigenvalue weighted by Gasteiger charge is -2.06. The highest BCUT2D eigenvalue weighted by Crippen LogP contribution is 2.11. The fourth-order valence-corrected chi connectivity index (χ4v) is 1.87. The van der Waals surface area contributed by atoms with Crippen LogP contribution in [0.15, 0.2) is 30.3 Å². The minimum atomic E-state index is -0.430. The summed E-state index contributed by atoms with van der Waals surface area (Å²) < 4.78 is 10.6. The number of carbonyl (C=O) groups excluding carboxylic acids is 1. The number of esters is 1. The van der Waals surface area contributed by atoms with Crippen molar-refractivity contribution in [3.05, 3.63) is 47.3 Å². The maximum atomic E-state index is 11.8. The van der Waals surface area contributed by atoms with Gasteiger partial charge in [-0.1, -0.05) is 31.0 Å². The highest BCUT2D eigenvalue weighted by Gasteiger charge is 2.11. The largest absolute Gasteiger partial charge is 0.490 e. The zero-order chi connectivity index (χ0) is 15.1. The normalized spacial score (nSPS) is 10.4. The predicted octanol–water partition coefficient (Wildman–Crippen LogP) is 2.91. The summed E-state index contributed by atoms with van der Waals surface area (Å²) in [4.78, 5) is 11.8. The van der Waals surface area contributed by atoms with Crippen molar-refractivity contribution in [2.45, 2.75) is 26.7 Å². The fourth-order valence-electron chi connectivity index (χ4n) is 1.87. The maximum Gasteiger partial charge on any atom is 0.358 e. The van der Waals surface area contributed by atoms with Gasteiger partial charge in [-0.15, -0.1) is 0 Å². The van der Waals surface area contributed by atoms with Crippen LogP contribution < -0.4 is 4.74 Å². The van der Waals surface area contributed by atoms with Crippen LogP contribution in [0, 0.1) is 6.92 Å². The maximum absolute atomic E-state index is 11.8. The average Bonchev–Trinajstić information content (AvgIpc) is 2.94. The van der Waals surface area contributed by atoms with Gasteiger partial charge in [-0.05, 0) is 31.5 Å². The summed E-state index contributed by atoms with van der Waals surface area (Å²) in [6.45, 7) is 4.60. The van der Waals surface area contributed by atoms with Gasteiger partial charge < -0.3 is 9.47 Å². The SMILES string of the molecule is CCCc1cc(C(=O)OCCOc2ccc(C)cc2)n[nH]1. The number of H-pyrrole nitrogens is 1. The van der Waals surface area contributed by atoms with E-state index in [0.29, 0.717) is 12.3 Å². The second-order valence-electron chi connectivity index (χ2n) is 4.83. The van der Waals surface area contributed by atoms with E-state index in [1.54, 1.807) is 6.07 Å². The van der Waals surface area contributed by atoms with Crippen LogP contribution in [0.4, 0.5) is 0 Å². The van der Waals surface area contributed by atoms with Gasteiger partial charge in [-0.3, -0.25) is 5.10 Å². The Morgan fingerprint density at radius 2 is 2.00 bits per heavy atom. The first kappa shape index (κ1) is 15.1. The topological polar surface area (TPSA) is 64.2 Å². The minimum Gasteiger partial charge on any atom is -0.490 e. The van der Waals surface area contributed by atoms with E-state index in [9.17, 15) is 4.79 Å². The molecule has 2 aromatic rings. The first-order chi connectivity index (χ1) is 10.2. The van der Waals surface area contributed by atoms with E-state index >= 15 is 0 Å². The Bertz CT molecular complexity index is 575. The quantitative estimate of drug-likeness (QED) is 0.628. The number of rotatable bonds is 7. The van der Waals surface area contributed by atoms with Crippen LogP contribution in [0.2, 0.25) is 0 Å². The van der Waals surface area contributed by atoms with Gasteiger partial charge in [0.2, 0.25) is 0 Å². The van der Waals surface area contributed by atoms with Gasteiger partial charge in [0.15, 0.2) is 5.69 Å². The highest BCUT2D eigenvalue weighted by molar-refractivity contribution is 5.87. The molecule has 0 bridgehead atoms. The molecule has 0 unspecified atom stereocenters. The van der Waals surface area contributed by atoms with Crippen LogP contribution in [-0.4, -0.2) is 29.4 Å². The Hall–Kier alpha value is -2.30. The van der Waals surface area contributed by atoms with Crippen LogP contribution in [0.1, 0.15) is 35.1 Å². The smallest absolute Gasteiger partial charge is 0.358 e. The number of ether oxygens (including phenoxy) is 2. The molecule has 21 heavy (non-hydrogen) atoms. The number of aromatic amines is 1. The summed E-state index contributed by atoms with van der Waals surface area (Å²) in [6, 6.07) is 9.46. The molecule has 1 aromatic carbocycles. The second kappa shape index (κ2) is 7.47. The third-order valence-corrected chi connectivity index (χ3v) is 2.97. The van der Waals surface area contributed by atoms with E-state index in [1.165, 1.54) is 5.56 Å². The molecule has 2 rings (SSSR count). The summed E-state index contributed by atoms with van der Waals surface area (Å²) in [7, 11) is 0. The summed E-state index contributed by atoms with van der Waals surface area (Å²) in [5, 5.41) is 6.77. The molecule has 1 N–H and O–H groups in total. The molecule has 0 atom stereocenters. The van der Waals surface area contributed by atoms with Crippen molar-refractivity contribution in [1.82, 2.24) is 10.2 Å². The van der Waals surface area contributed by atoms with Gasteiger partial charge in [0.1, 0.15) is 19.0 Å². The molecule has 0 saturated heterocycles. The number of aryl methyl sites for hydroxylation is 2. The number of hydrogen-bond acceptors (Lipinski definition) is 4.